The zero-order chi connectivity index (χ0) is 14.8. The van der Waals surface area contributed by atoms with Gasteiger partial charge in [0.1, 0.15) is 0 Å². The largest absolute Gasteiger partial charge is 0.338 e. The Labute approximate surface area is 128 Å². The summed E-state index contributed by atoms with van der Waals surface area (Å²) in [7, 11) is 0. The van der Waals surface area contributed by atoms with Gasteiger partial charge in [0.2, 0.25) is 5.89 Å². The molecule has 6 heteroatoms. The maximum Gasteiger partial charge on any atom is 0.244 e. The molecule has 0 saturated carbocycles. The van der Waals surface area contributed by atoms with Crippen LogP contribution in [0.2, 0.25) is 5.02 Å². The van der Waals surface area contributed by atoms with Crippen LogP contribution in [0.5, 0.6) is 0 Å². The summed E-state index contributed by atoms with van der Waals surface area (Å²) >= 11 is 7.68. The van der Waals surface area contributed by atoms with Crippen molar-refractivity contribution in [2.24, 2.45) is 11.1 Å². The van der Waals surface area contributed by atoms with Gasteiger partial charge >= 0.3 is 0 Å². The van der Waals surface area contributed by atoms with Crippen LogP contribution in [0, 0.1) is 5.41 Å². The van der Waals surface area contributed by atoms with E-state index in [9.17, 15) is 0 Å². The second-order valence-electron chi connectivity index (χ2n) is 5.61. The maximum absolute atomic E-state index is 6.10. The van der Waals surface area contributed by atoms with Crippen LogP contribution in [0.3, 0.4) is 0 Å². The van der Waals surface area contributed by atoms with Gasteiger partial charge in [0.05, 0.1) is 16.8 Å². The van der Waals surface area contributed by atoms with Gasteiger partial charge in [-0.2, -0.15) is 4.98 Å². The number of hydrogen-bond donors (Lipinski definition) is 1. The van der Waals surface area contributed by atoms with E-state index < -0.39 is 0 Å². The second kappa shape index (κ2) is 6.16. The van der Waals surface area contributed by atoms with Gasteiger partial charge in [-0.1, -0.05) is 49.7 Å². The van der Waals surface area contributed by atoms with E-state index in [-0.39, 0.29) is 11.5 Å². The minimum absolute atomic E-state index is 0.111. The molecule has 0 bridgehead atoms. The van der Waals surface area contributed by atoms with Crippen LogP contribution in [0.25, 0.3) is 0 Å². The van der Waals surface area contributed by atoms with Gasteiger partial charge in [0.25, 0.3) is 0 Å². The third kappa shape index (κ3) is 3.75. The Kier molecular flexibility index (Phi) is 4.73. The van der Waals surface area contributed by atoms with Crippen molar-refractivity contribution in [1.82, 2.24) is 10.1 Å². The average molecular weight is 312 g/mol. The molecule has 0 aliphatic rings. The molecule has 1 aromatic carbocycles. The van der Waals surface area contributed by atoms with E-state index in [1.165, 1.54) is 0 Å². The summed E-state index contributed by atoms with van der Waals surface area (Å²) in [5.41, 5.74) is 5.98. The number of nitrogens with zero attached hydrogens (tertiary/aromatic N) is 2. The molecule has 2 rings (SSSR count). The van der Waals surface area contributed by atoms with E-state index in [0.29, 0.717) is 17.5 Å². The molecule has 0 amide bonds. The van der Waals surface area contributed by atoms with Gasteiger partial charge in [0.15, 0.2) is 5.82 Å². The summed E-state index contributed by atoms with van der Waals surface area (Å²) in [6.07, 6.45) is 0. The van der Waals surface area contributed by atoms with E-state index >= 15 is 0 Å². The minimum Gasteiger partial charge on any atom is -0.338 e. The normalized spacial score (nSPS) is 13.4. The standard InChI is InChI=1S/C14H18ClN3OS/c1-14(2,3)12(16)13-17-11(18-19-13)8-20-10-7-5-4-6-9(10)15/h4-7,12H,8,16H2,1-3H3/t12-/m0/s1. The highest BCUT2D eigenvalue weighted by Crippen LogP contribution is 2.31. The van der Waals surface area contributed by atoms with Crippen molar-refractivity contribution < 1.29 is 4.52 Å². The number of rotatable bonds is 4. The van der Waals surface area contributed by atoms with Crippen molar-refractivity contribution >= 4 is 23.4 Å². The highest BCUT2D eigenvalue weighted by atomic mass is 35.5. The van der Waals surface area contributed by atoms with Gasteiger partial charge < -0.3 is 10.3 Å². The first-order valence-electron chi connectivity index (χ1n) is 6.33. The molecule has 1 aromatic heterocycles. The lowest BCUT2D eigenvalue weighted by Gasteiger charge is -2.23. The van der Waals surface area contributed by atoms with Gasteiger partial charge in [-0.05, 0) is 17.5 Å². The number of halogens is 1. The minimum atomic E-state index is -0.269. The molecule has 0 fully saturated rings. The van der Waals surface area contributed by atoms with Crippen molar-refractivity contribution in [1.29, 1.82) is 0 Å². The molecular weight excluding hydrogens is 294 g/mol. The Bertz CT molecular complexity index is 580. The molecule has 0 unspecified atom stereocenters. The lowest BCUT2D eigenvalue weighted by Crippen LogP contribution is -2.26. The summed E-state index contributed by atoms with van der Waals surface area (Å²) in [4.78, 5) is 5.36. The Morgan fingerprint density at radius 3 is 2.70 bits per heavy atom. The van der Waals surface area contributed by atoms with Crippen LogP contribution in [0.1, 0.15) is 38.5 Å². The Hall–Kier alpha value is -1.04. The van der Waals surface area contributed by atoms with Crippen LogP contribution < -0.4 is 5.73 Å². The van der Waals surface area contributed by atoms with Crippen LogP contribution >= 0.6 is 23.4 Å². The summed E-state index contributed by atoms with van der Waals surface area (Å²) < 4.78 is 5.24. The molecule has 1 heterocycles. The Morgan fingerprint density at radius 2 is 2.05 bits per heavy atom. The molecular formula is C14H18ClN3OS. The fraction of sp³-hybridized carbons (Fsp3) is 0.429. The molecule has 0 saturated heterocycles. The SMILES string of the molecule is CC(C)(C)[C@@H](N)c1nc(CSc2ccccc2Cl)no1. The van der Waals surface area contributed by atoms with Crippen LogP contribution in [0.15, 0.2) is 33.7 Å². The lowest BCUT2D eigenvalue weighted by molar-refractivity contribution is 0.252. The summed E-state index contributed by atoms with van der Waals surface area (Å²) in [5.74, 6) is 1.71. The molecule has 0 radical (unpaired) electrons. The molecule has 2 N–H and O–H groups in total. The van der Waals surface area contributed by atoms with Crippen LogP contribution in [-0.4, -0.2) is 10.1 Å². The van der Waals surface area contributed by atoms with Crippen molar-refractivity contribution in [3.05, 3.63) is 41.0 Å². The zero-order valence-electron chi connectivity index (χ0n) is 11.8. The Balaban J connectivity index is 2.02. The summed E-state index contributed by atoms with van der Waals surface area (Å²) in [6, 6.07) is 7.41. The summed E-state index contributed by atoms with van der Waals surface area (Å²) in [6.45, 7) is 6.13. The fourth-order valence-electron chi connectivity index (χ4n) is 1.53. The third-order valence-corrected chi connectivity index (χ3v) is 4.39. The molecule has 0 aliphatic heterocycles. The van der Waals surface area contributed by atoms with Crippen molar-refractivity contribution in [2.45, 2.75) is 37.5 Å². The molecule has 1 atom stereocenters. The van der Waals surface area contributed by atoms with E-state index in [4.69, 9.17) is 21.9 Å². The van der Waals surface area contributed by atoms with Gasteiger partial charge in [-0.25, -0.2) is 0 Å². The second-order valence-corrected chi connectivity index (χ2v) is 7.04. The fourth-order valence-corrected chi connectivity index (χ4v) is 2.61. The average Bonchev–Trinajstić information content (AvgIpc) is 2.84. The van der Waals surface area contributed by atoms with E-state index in [1.807, 2.05) is 45.0 Å². The molecule has 20 heavy (non-hydrogen) atoms. The van der Waals surface area contributed by atoms with Crippen LogP contribution in [0.4, 0.5) is 0 Å². The van der Waals surface area contributed by atoms with Crippen molar-refractivity contribution in [3.8, 4) is 0 Å². The first kappa shape index (κ1) is 15.4. The predicted molar refractivity (Wildman–Crippen MR) is 81.7 cm³/mol. The lowest BCUT2D eigenvalue weighted by atomic mass is 9.87. The number of hydrogen-bond acceptors (Lipinski definition) is 5. The smallest absolute Gasteiger partial charge is 0.244 e. The summed E-state index contributed by atoms with van der Waals surface area (Å²) in [5, 5.41) is 4.69. The first-order chi connectivity index (χ1) is 9.38. The molecule has 0 spiro atoms. The number of benzene rings is 1. The molecule has 4 nitrogen and oxygen atoms in total. The molecule has 108 valence electrons. The molecule has 2 aromatic rings. The van der Waals surface area contributed by atoms with E-state index in [1.54, 1.807) is 11.8 Å². The van der Waals surface area contributed by atoms with Gasteiger partial charge in [-0.15, -0.1) is 11.8 Å². The molecule has 0 aliphatic carbocycles. The number of nitrogens with two attached hydrogens (primary N) is 1. The van der Waals surface area contributed by atoms with Gasteiger partial charge in [-0.3, -0.25) is 0 Å². The Morgan fingerprint density at radius 1 is 1.35 bits per heavy atom. The van der Waals surface area contributed by atoms with Crippen molar-refractivity contribution in [3.63, 3.8) is 0 Å². The first-order valence-corrected chi connectivity index (χ1v) is 7.69. The van der Waals surface area contributed by atoms with Crippen molar-refractivity contribution in [2.75, 3.05) is 0 Å². The number of thioether (sulfide) groups is 1. The highest BCUT2D eigenvalue weighted by Gasteiger charge is 2.27. The maximum atomic E-state index is 6.10. The zero-order valence-corrected chi connectivity index (χ0v) is 13.3. The monoisotopic (exact) mass is 311 g/mol. The topological polar surface area (TPSA) is 64.9 Å². The van der Waals surface area contributed by atoms with E-state index in [2.05, 4.69) is 10.1 Å². The van der Waals surface area contributed by atoms with Gasteiger partial charge in [0, 0.05) is 4.90 Å². The van der Waals surface area contributed by atoms with E-state index in [0.717, 1.165) is 9.92 Å². The number of aromatic nitrogens is 2. The predicted octanol–water partition coefficient (Wildman–Crippen LogP) is 4.06. The van der Waals surface area contributed by atoms with Crippen LogP contribution in [-0.2, 0) is 5.75 Å². The highest BCUT2D eigenvalue weighted by molar-refractivity contribution is 7.98. The third-order valence-electron chi connectivity index (χ3n) is 2.88. The quantitative estimate of drug-likeness (QED) is 0.862.